The molecule has 0 amide bonds. The van der Waals surface area contributed by atoms with E-state index in [-0.39, 0.29) is 0 Å². The lowest BCUT2D eigenvalue weighted by Gasteiger charge is -2.18. The summed E-state index contributed by atoms with van der Waals surface area (Å²) in [5.41, 5.74) is 4.22. The SMILES string of the molecule is CCCc1nc(C2CCCCC2)nn1Cc1ccc(-c2ccncc2-c2nnn[nH]2)cc1. The van der Waals surface area contributed by atoms with Crippen LogP contribution >= 0.6 is 0 Å². The van der Waals surface area contributed by atoms with Crippen molar-refractivity contribution in [3.8, 4) is 22.5 Å². The van der Waals surface area contributed by atoms with Crippen molar-refractivity contribution in [2.24, 2.45) is 0 Å². The largest absolute Gasteiger partial charge is 0.264 e. The summed E-state index contributed by atoms with van der Waals surface area (Å²) in [5, 5.41) is 19.2. The van der Waals surface area contributed by atoms with E-state index < -0.39 is 0 Å². The summed E-state index contributed by atoms with van der Waals surface area (Å²) in [6.45, 7) is 2.94. The highest BCUT2D eigenvalue weighted by atomic mass is 15.5. The average Bonchev–Trinajstić information content (AvgIpc) is 3.51. The Morgan fingerprint density at radius 3 is 2.62 bits per heavy atom. The van der Waals surface area contributed by atoms with Gasteiger partial charge in [-0.05, 0) is 52.4 Å². The molecule has 8 heteroatoms. The van der Waals surface area contributed by atoms with Crippen LogP contribution in [-0.4, -0.2) is 40.4 Å². The smallest absolute Gasteiger partial charge is 0.181 e. The van der Waals surface area contributed by atoms with Gasteiger partial charge in [-0.1, -0.05) is 50.5 Å². The minimum absolute atomic E-state index is 0.527. The van der Waals surface area contributed by atoms with Crippen molar-refractivity contribution in [1.29, 1.82) is 0 Å². The van der Waals surface area contributed by atoms with Crippen molar-refractivity contribution < 1.29 is 0 Å². The quantitative estimate of drug-likeness (QED) is 0.463. The van der Waals surface area contributed by atoms with E-state index in [1.165, 1.54) is 37.7 Å². The molecule has 1 saturated carbocycles. The monoisotopic (exact) mass is 428 g/mol. The molecule has 0 aliphatic heterocycles. The van der Waals surface area contributed by atoms with Gasteiger partial charge in [0.2, 0.25) is 0 Å². The van der Waals surface area contributed by atoms with Crippen LogP contribution in [0.3, 0.4) is 0 Å². The summed E-state index contributed by atoms with van der Waals surface area (Å²) < 4.78 is 2.11. The highest BCUT2D eigenvalue weighted by Gasteiger charge is 2.21. The van der Waals surface area contributed by atoms with Gasteiger partial charge < -0.3 is 0 Å². The number of pyridine rings is 1. The summed E-state index contributed by atoms with van der Waals surface area (Å²) in [5.74, 6) is 3.29. The Morgan fingerprint density at radius 2 is 1.88 bits per heavy atom. The van der Waals surface area contributed by atoms with E-state index in [1.807, 2.05) is 6.07 Å². The summed E-state index contributed by atoms with van der Waals surface area (Å²) >= 11 is 0. The van der Waals surface area contributed by atoms with Crippen LogP contribution in [0.15, 0.2) is 42.7 Å². The van der Waals surface area contributed by atoms with Gasteiger partial charge in [-0.25, -0.2) is 14.8 Å². The Labute approximate surface area is 187 Å². The van der Waals surface area contributed by atoms with Gasteiger partial charge in [-0.15, -0.1) is 5.10 Å². The van der Waals surface area contributed by atoms with Gasteiger partial charge in [0.05, 0.1) is 6.54 Å². The summed E-state index contributed by atoms with van der Waals surface area (Å²) in [6, 6.07) is 10.6. The highest BCUT2D eigenvalue weighted by Crippen LogP contribution is 2.31. The van der Waals surface area contributed by atoms with E-state index >= 15 is 0 Å². The van der Waals surface area contributed by atoms with Crippen LogP contribution in [0.4, 0.5) is 0 Å². The molecule has 1 N–H and O–H groups in total. The summed E-state index contributed by atoms with van der Waals surface area (Å²) in [6.07, 6.45) is 12.0. The van der Waals surface area contributed by atoms with Crippen molar-refractivity contribution >= 4 is 0 Å². The van der Waals surface area contributed by atoms with Crippen molar-refractivity contribution in [2.75, 3.05) is 0 Å². The second-order valence-electron chi connectivity index (χ2n) is 8.50. The number of nitrogens with zero attached hydrogens (tertiary/aromatic N) is 7. The number of benzene rings is 1. The fourth-order valence-electron chi connectivity index (χ4n) is 4.53. The molecule has 3 heterocycles. The molecular weight excluding hydrogens is 400 g/mol. The Balaban J connectivity index is 1.38. The molecule has 4 aromatic rings. The molecule has 5 rings (SSSR count). The number of rotatable bonds is 7. The number of tetrazole rings is 1. The summed E-state index contributed by atoms with van der Waals surface area (Å²) in [4.78, 5) is 9.18. The van der Waals surface area contributed by atoms with E-state index in [2.05, 4.69) is 61.5 Å². The van der Waals surface area contributed by atoms with E-state index in [1.54, 1.807) is 12.4 Å². The first-order chi connectivity index (χ1) is 15.8. The number of hydrogen-bond donors (Lipinski definition) is 1. The normalized spacial score (nSPS) is 14.7. The first kappa shape index (κ1) is 20.5. The minimum Gasteiger partial charge on any atom is -0.264 e. The predicted octanol–water partition coefficient (Wildman–Crippen LogP) is 4.57. The predicted molar refractivity (Wildman–Crippen MR) is 122 cm³/mol. The molecule has 8 nitrogen and oxygen atoms in total. The third kappa shape index (κ3) is 4.30. The molecule has 1 aromatic carbocycles. The average molecular weight is 429 g/mol. The second-order valence-corrected chi connectivity index (χ2v) is 8.50. The molecule has 0 spiro atoms. The zero-order chi connectivity index (χ0) is 21.8. The molecule has 3 aromatic heterocycles. The maximum atomic E-state index is 4.95. The molecular formula is C24H28N8. The Bertz CT molecular complexity index is 1140. The standard InChI is InChI=1S/C24H28N8/c1-2-6-22-26-23(19-7-4-3-5-8-19)29-32(22)16-17-9-11-18(12-10-17)20-13-14-25-15-21(20)24-27-30-31-28-24/h9-15,19H,2-8,16H2,1H3,(H,27,28,30,31). The molecule has 1 aliphatic carbocycles. The topological polar surface area (TPSA) is 98.1 Å². The highest BCUT2D eigenvalue weighted by molar-refractivity contribution is 5.79. The molecule has 0 bridgehead atoms. The first-order valence-corrected chi connectivity index (χ1v) is 11.5. The maximum absolute atomic E-state index is 4.95. The number of aromatic amines is 1. The van der Waals surface area contributed by atoms with Crippen LogP contribution in [0.2, 0.25) is 0 Å². The molecule has 32 heavy (non-hydrogen) atoms. The Hall–Kier alpha value is -3.42. The molecule has 0 saturated heterocycles. The van der Waals surface area contributed by atoms with E-state index in [0.717, 1.165) is 47.7 Å². The molecule has 164 valence electrons. The van der Waals surface area contributed by atoms with Gasteiger partial charge in [0.1, 0.15) is 5.82 Å². The first-order valence-electron chi connectivity index (χ1n) is 11.5. The lowest BCUT2D eigenvalue weighted by molar-refractivity contribution is 0.426. The maximum Gasteiger partial charge on any atom is 0.181 e. The van der Waals surface area contributed by atoms with Gasteiger partial charge in [0.25, 0.3) is 0 Å². The van der Waals surface area contributed by atoms with E-state index in [4.69, 9.17) is 10.1 Å². The number of nitrogens with one attached hydrogen (secondary N) is 1. The third-order valence-corrected chi connectivity index (χ3v) is 6.23. The molecule has 1 aliphatic rings. The van der Waals surface area contributed by atoms with Gasteiger partial charge in [0, 0.05) is 30.3 Å². The van der Waals surface area contributed by atoms with E-state index in [9.17, 15) is 0 Å². The van der Waals surface area contributed by atoms with Crippen molar-refractivity contribution in [3.05, 3.63) is 59.9 Å². The van der Waals surface area contributed by atoms with Crippen LogP contribution in [0, 0.1) is 0 Å². The fraction of sp³-hybridized carbons (Fsp3) is 0.417. The van der Waals surface area contributed by atoms with Crippen LogP contribution in [0.5, 0.6) is 0 Å². The number of aromatic nitrogens is 8. The lowest BCUT2D eigenvalue weighted by Crippen LogP contribution is -2.08. The molecule has 0 radical (unpaired) electrons. The van der Waals surface area contributed by atoms with Crippen molar-refractivity contribution in [3.63, 3.8) is 0 Å². The Kier molecular flexibility index (Phi) is 6.00. The van der Waals surface area contributed by atoms with Crippen LogP contribution in [0.1, 0.15) is 68.6 Å². The molecule has 0 atom stereocenters. The third-order valence-electron chi connectivity index (χ3n) is 6.23. The number of H-pyrrole nitrogens is 1. The Morgan fingerprint density at radius 1 is 1.03 bits per heavy atom. The zero-order valence-corrected chi connectivity index (χ0v) is 18.4. The lowest BCUT2D eigenvalue weighted by atomic mass is 9.89. The van der Waals surface area contributed by atoms with Gasteiger partial charge in [-0.3, -0.25) is 4.98 Å². The van der Waals surface area contributed by atoms with Crippen LogP contribution in [0.25, 0.3) is 22.5 Å². The zero-order valence-electron chi connectivity index (χ0n) is 18.4. The fourth-order valence-corrected chi connectivity index (χ4v) is 4.53. The van der Waals surface area contributed by atoms with Crippen molar-refractivity contribution in [2.45, 2.75) is 64.3 Å². The van der Waals surface area contributed by atoms with Gasteiger partial charge >= 0.3 is 0 Å². The minimum atomic E-state index is 0.527. The number of hydrogen-bond acceptors (Lipinski definition) is 6. The van der Waals surface area contributed by atoms with Gasteiger partial charge in [0.15, 0.2) is 11.6 Å². The summed E-state index contributed by atoms with van der Waals surface area (Å²) in [7, 11) is 0. The number of aryl methyl sites for hydroxylation is 1. The second kappa shape index (κ2) is 9.38. The van der Waals surface area contributed by atoms with E-state index in [0.29, 0.717) is 11.7 Å². The molecule has 1 fully saturated rings. The van der Waals surface area contributed by atoms with Crippen molar-refractivity contribution in [1.82, 2.24) is 40.4 Å². The molecule has 0 unspecified atom stereocenters. The van der Waals surface area contributed by atoms with Gasteiger partial charge in [-0.2, -0.15) is 5.10 Å². The van der Waals surface area contributed by atoms with Crippen LogP contribution < -0.4 is 0 Å². The van der Waals surface area contributed by atoms with Crippen LogP contribution in [-0.2, 0) is 13.0 Å².